The number of fused-ring (bicyclic) bond motifs is 2. The molecule has 0 unspecified atom stereocenters. The predicted molar refractivity (Wildman–Crippen MR) is 120 cm³/mol. The number of amides is 1. The third-order valence-corrected chi connectivity index (χ3v) is 6.48. The van der Waals surface area contributed by atoms with Gasteiger partial charge in [-0.05, 0) is 49.9 Å². The van der Waals surface area contributed by atoms with E-state index in [0.717, 1.165) is 44.2 Å². The summed E-state index contributed by atoms with van der Waals surface area (Å²) < 4.78 is 9.18. The highest BCUT2D eigenvalue weighted by atomic mass is 16.5. The van der Waals surface area contributed by atoms with E-state index in [0.29, 0.717) is 29.4 Å². The Morgan fingerprint density at radius 2 is 1.94 bits per heavy atom. The van der Waals surface area contributed by atoms with Gasteiger partial charge < -0.3 is 14.6 Å². The molecule has 2 aromatic heterocycles. The fraction of sp³-hybridized carbons (Fsp3) is 0.478. The molecular weight excluding hydrogens is 406 g/mol. The molecule has 2 atom stereocenters. The van der Waals surface area contributed by atoms with Gasteiger partial charge in [-0.3, -0.25) is 14.4 Å². The molecule has 1 N–H and O–H groups in total. The summed E-state index contributed by atoms with van der Waals surface area (Å²) in [4.78, 5) is 15.4. The number of rotatable bonds is 6. The van der Waals surface area contributed by atoms with Crippen LogP contribution in [0.25, 0.3) is 0 Å². The first-order valence-electron chi connectivity index (χ1n) is 11.1. The number of anilines is 1. The van der Waals surface area contributed by atoms with E-state index in [1.54, 1.807) is 7.11 Å². The van der Waals surface area contributed by atoms with Gasteiger partial charge in [0.15, 0.2) is 0 Å². The molecule has 0 radical (unpaired) electrons. The average Bonchev–Trinajstić information content (AvgIpc) is 3.50. The standard InChI is InChI=1S/C23H29N7O2/c1-15(2)30-11-16(9-24-30)10-28-12-17-8-21-26-27-22(29(21)14-18(17)13-28)23(31)25-19-4-6-20(32-3)7-5-19/h4-7,9,11,15,17-18H,8,10,12-14H2,1-3H3,(H,25,31)/t17-,18+/m1/s1. The second-order valence-corrected chi connectivity index (χ2v) is 9.07. The van der Waals surface area contributed by atoms with Crippen molar-refractivity contribution in [1.82, 2.24) is 29.4 Å². The lowest BCUT2D eigenvalue weighted by Crippen LogP contribution is -2.31. The van der Waals surface area contributed by atoms with Crippen LogP contribution in [-0.4, -0.2) is 55.6 Å². The lowest BCUT2D eigenvalue weighted by Gasteiger charge is -2.25. The van der Waals surface area contributed by atoms with Crippen molar-refractivity contribution in [2.75, 3.05) is 25.5 Å². The van der Waals surface area contributed by atoms with Gasteiger partial charge in [-0.25, -0.2) is 0 Å². The zero-order valence-corrected chi connectivity index (χ0v) is 18.7. The molecule has 1 saturated heterocycles. The van der Waals surface area contributed by atoms with E-state index in [9.17, 15) is 4.79 Å². The van der Waals surface area contributed by atoms with E-state index in [-0.39, 0.29) is 5.91 Å². The quantitative estimate of drug-likeness (QED) is 0.640. The van der Waals surface area contributed by atoms with Gasteiger partial charge in [-0.2, -0.15) is 5.10 Å². The summed E-state index contributed by atoms with van der Waals surface area (Å²) in [6.45, 7) is 8.01. The van der Waals surface area contributed by atoms with Crippen LogP contribution in [-0.2, 0) is 19.5 Å². The van der Waals surface area contributed by atoms with Crippen LogP contribution in [0.4, 0.5) is 5.69 Å². The fourth-order valence-electron chi connectivity index (χ4n) is 4.78. The molecule has 1 fully saturated rings. The number of carbonyl (C=O) groups is 1. The summed E-state index contributed by atoms with van der Waals surface area (Å²) in [5.74, 6) is 2.83. The van der Waals surface area contributed by atoms with Crippen molar-refractivity contribution < 1.29 is 9.53 Å². The highest BCUT2D eigenvalue weighted by molar-refractivity contribution is 6.01. The average molecular weight is 436 g/mol. The Balaban J connectivity index is 1.24. The van der Waals surface area contributed by atoms with Crippen LogP contribution in [0.5, 0.6) is 5.75 Å². The first-order chi connectivity index (χ1) is 15.5. The molecule has 0 aliphatic carbocycles. The SMILES string of the molecule is COc1ccc(NC(=O)c2nnc3n2C[C@@H]2CN(Cc4cnn(C(C)C)c4)C[C@H]2C3)cc1. The Morgan fingerprint density at radius 1 is 1.16 bits per heavy atom. The zero-order valence-electron chi connectivity index (χ0n) is 18.7. The minimum absolute atomic E-state index is 0.233. The maximum absolute atomic E-state index is 12.9. The third kappa shape index (κ3) is 4.00. The Kier molecular flexibility index (Phi) is 5.42. The maximum Gasteiger partial charge on any atom is 0.293 e. The molecule has 0 saturated carbocycles. The number of nitrogens with one attached hydrogen (secondary N) is 1. The van der Waals surface area contributed by atoms with E-state index in [1.165, 1.54) is 5.56 Å². The van der Waals surface area contributed by atoms with Crippen LogP contribution in [0.3, 0.4) is 0 Å². The molecule has 2 aliphatic rings. The highest BCUT2D eigenvalue weighted by Crippen LogP contribution is 2.33. The fourth-order valence-corrected chi connectivity index (χ4v) is 4.78. The van der Waals surface area contributed by atoms with Crippen LogP contribution in [0.1, 0.15) is 41.9 Å². The molecule has 9 nitrogen and oxygen atoms in total. The number of benzene rings is 1. The monoisotopic (exact) mass is 435 g/mol. The molecule has 1 aromatic carbocycles. The molecule has 1 amide bonds. The minimum atomic E-state index is -0.233. The van der Waals surface area contributed by atoms with E-state index in [2.05, 4.69) is 45.6 Å². The molecule has 3 aromatic rings. The summed E-state index contributed by atoms with van der Waals surface area (Å²) in [5.41, 5.74) is 1.95. The first-order valence-corrected chi connectivity index (χ1v) is 11.1. The second kappa shape index (κ2) is 8.38. The lowest BCUT2D eigenvalue weighted by molar-refractivity contribution is 0.100. The van der Waals surface area contributed by atoms with Crippen molar-refractivity contribution >= 4 is 11.6 Å². The van der Waals surface area contributed by atoms with Crippen molar-refractivity contribution in [3.8, 4) is 5.75 Å². The van der Waals surface area contributed by atoms with Gasteiger partial charge in [0.05, 0.1) is 13.3 Å². The van der Waals surface area contributed by atoms with Crippen LogP contribution in [0, 0.1) is 11.8 Å². The first kappa shape index (κ1) is 20.7. The largest absolute Gasteiger partial charge is 0.497 e. The molecule has 5 rings (SSSR count). The number of methoxy groups -OCH3 is 1. The normalized spacial score (nSPS) is 20.2. The van der Waals surface area contributed by atoms with Crippen molar-refractivity contribution in [2.24, 2.45) is 11.8 Å². The van der Waals surface area contributed by atoms with Gasteiger partial charge >= 0.3 is 0 Å². The van der Waals surface area contributed by atoms with E-state index < -0.39 is 0 Å². The summed E-state index contributed by atoms with van der Waals surface area (Å²) in [6.07, 6.45) is 4.97. The van der Waals surface area contributed by atoms with Crippen LogP contribution < -0.4 is 10.1 Å². The van der Waals surface area contributed by atoms with Crippen molar-refractivity contribution in [3.63, 3.8) is 0 Å². The number of hydrogen-bond donors (Lipinski definition) is 1. The summed E-state index contributed by atoms with van der Waals surface area (Å²) in [7, 11) is 1.62. The number of aromatic nitrogens is 5. The smallest absolute Gasteiger partial charge is 0.293 e. The molecule has 4 heterocycles. The summed E-state index contributed by atoms with van der Waals surface area (Å²) in [6, 6.07) is 7.64. The topological polar surface area (TPSA) is 90.1 Å². The van der Waals surface area contributed by atoms with Gasteiger partial charge in [0.1, 0.15) is 11.6 Å². The van der Waals surface area contributed by atoms with Gasteiger partial charge in [0, 0.05) is 56.1 Å². The van der Waals surface area contributed by atoms with Crippen LogP contribution in [0.2, 0.25) is 0 Å². The minimum Gasteiger partial charge on any atom is -0.497 e. The molecule has 0 bridgehead atoms. The van der Waals surface area contributed by atoms with E-state index in [1.807, 2.05) is 39.7 Å². The zero-order chi connectivity index (χ0) is 22.2. The van der Waals surface area contributed by atoms with Gasteiger partial charge in [0.25, 0.3) is 5.91 Å². The molecular formula is C23H29N7O2. The van der Waals surface area contributed by atoms with Crippen molar-refractivity contribution in [2.45, 2.75) is 39.4 Å². The number of hydrogen-bond acceptors (Lipinski definition) is 6. The molecule has 168 valence electrons. The number of nitrogens with zero attached hydrogens (tertiary/aromatic N) is 6. The second-order valence-electron chi connectivity index (χ2n) is 9.07. The third-order valence-electron chi connectivity index (χ3n) is 6.48. The highest BCUT2D eigenvalue weighted by Gasteiger charge is 2.39. The Morgan fingerprint density at radius 3 is 2.66 bits per heavy atom. The van der Waals surface area contributed by atoms with Gasteiger partial charge in [-0.1, -0.05) is 0 Å². The van der Waals surface area contributed by atoms with Gasteiger partial charge in [0.2, 0.25) is 5.82 Å². The molecule has 32 heavy (non-hydrogen) atoms. The molecule has 9 heteroatoms. The summed E-state index contributed by atoms with van der Waals surface area (Å²) in [5, 5.41) is 15.9. The summed E-state index contributed by atoms with van der Waals surface area (Å²) >= 11 is 0. The Bertz CT molecular complexity index is 1100. The van der Waals surface area contributed by atoms with Crippen molar-refractivity contribution in [1.29, 1.82) is 0 Å². The van der Waals surface area contributed by atoms with Gasteiger partial charge in [-0.15, -0.1) is 10.2 Å². The van der Waals surface area contributed by atoms with Crippen molar-refractivity contribution in [3.05, 3.63) is 53.9 Å². The number of ether oxygens (including phenoxy) is 1. The molecule has 0 spiro atoms. The lowest BCUT2D eigenvalue weighted by atomic mass is 9.89. The predicted octanol–water partition coefficient (Wildman–Crippen LogP) is 2.62. The van der Waals surface area contributed by atoms with Crippen LogP contribution >= 0.6 is 0 Å². The molecule has 2 aliphatic heterocycles. The maximum atomic E-state index is 12.9. The van der Waals surface area contributed by atoms with E-state index in [4.69, 9.17) is 4.74 Å². The Hall–Kier alpha value is -3.20. The number of carbonyl (C=O) groups excluding carboxylic acids is 1. The van der Waals surface area contributed by atoms with Crippen LogP contribution in [0.15, 0.2) is 36.7 Å². The Labute approximate surface area is 187 Å². The number of likely N-dealkylation sites (tertiary alicyclic amines) is 1. The van der Waals surface area contributed by atoms with E-state index >= 15 is 0 Å².